The van der Waals surface area contributed by atoms with Crippen LogP contribution >= 0.6 is 11.3 Å². The van der Waals surface area contributed by atoms with Crippen LogP contribution in [0.5, 0.6) is 0 Å². The SMILES string of the molecule is CCCC/C=C(C)/C=C/[C@H]1CCC(=O)N1CCCc1ccsc1C(=O)O. The van der Waals surface area contributed by atoms with Crippen molar-refractivity contribution in [2.45, 2.75) is 64.8 Å². The molecule has 2 rings (SSSR count). The number of allylic oxidation sites excluding steroid dienone is 3. The van der Waals surface area contributed by atoms with Gasteiger partial charge in [-0.15, -0.1) is 11.3 Å². The zero-order chi connectivity index (χ0) is 18.9. The summed E-state index contributed by atoms with van der Waals surface area (Å²) in [6.07, 6.45) is 13.0. The Morgan fingerprint density at radius 3 is 2.96 bits per heavy atom. The third-order valence-corrected chi connectivity index (χ3v) is 5.71. The number of rotatable bonds is 10. The lowest BCUT2D eigenvalue weighted by Gasteiger charge is -2.22. The lowest BCUT2D eigenvalue weighted by Crippen LogP contribution is -2.32. The molecule has 0 aliphatic carbocycles. The topological polar surface area (TPSA) is 57.6 Å². The first-order valence-corrected chi connectivity index (χ1v) is 10.3. The molecule has 0 saturated carbocycles. The van der Waals surface area contributed by atoms with Crippen molar-refractivity contribution in [3.63, 3.8) is 0 Å². The molecular formula is C21H29NO3S. The maximum atomic E-state index is 12.2. The predicted octanol–water partition coefficient (Wildman–Crippen LogP) is 5.06. The molecule has 0 aromatic carbocycles. The molecule has 1 aliphatic rings. The van der Waals surface area contributed by atoms with Crippen molar-refractivity contribution in [2.75, 3.05) is 6.54 Å². The second-order valence-corrected chi connectivity index (χ2v) is 7.74. The molecule has 1 aromatic heterocycles. The smallest absolute Gasteiger partial charge is 0.346 e. The van der Waals surface area contributed by atoms with Gasteiger partial charge in [0, 0.05) is 13.0 Å². The summed E-state index contributed by atoms with van der Waals surface area (Å²) in [7, 11) is 0. The van der Waals surface area contributed by atoms with Crippen LogP contribution in [0, 0.1) is 0 Å². The van der Waals surface area contributed by atoms with E-state index in [4.69, 9.17) is 0 Å². The van der Waals surface area contributed by atoms with E-state index in [1.54, 1.807) is 0 Å². The summed E-state index contributed by atoms with van der Waals surface area (Å²) in [4.78, 5) is 25.7. The molecule has 0 unspecified atom stereocenters. The van der Waals surface area contributed by atoms with Crippen molar-refractivity contribution in [1.29, 1.82) is 0 Å². The number of nitrogens with zero attached hydrogens (tertiary/aromatic N) is 1. The van der Waals surface area contributed by atoms with Crippen molar-refractivity contribution < 1.29 is 14.7 Å². The van der Waals surface area contributed by atoms with Gasteiger partial charge in [0.15, 0.2) is 0 Å². The number of likely N-dealkylation sites (tertiary alicyclic amines) is 1. The maximum Gasteiger partial charge on any atom is 0.346 e. The van der Waals surface area contributed by atoms with Gasteiger partial charge in [-0.3, -0.25) is 4.79 Å². The summed E-state index contributed by atoms with van der Waals surface area (Å²) in [5, 5.41) is 11.0. The summed E-state index contributed by atoms with van der Waals surface area (Å²) in [6.45, 7) is 4.98. The van der Waals surface area contributed by atoms with E-state index in [2.05, 4.69) is 32.1 Å². The Kier molecular flexibility index (Phi) is 8.10. The molecule has 142 valence electrons. The van der Waals surface area contributed by atoms with Crippen molar-refractivity contribution in [3.05, 3.63) is 45.7 Å². The monoisotopic (exact) mass is 375 g/mol. The maximum absolute atomic E-state index is 12.2. The highest BCUT2D eigenvalue weighted by Gasteiger charge is 2.28. The molecule has 1 atom stereocenters. The number of hydrogen-bond donors (Lipinski definition) is 1. The highest BCUT2D eigenvalue weighted by molar-refractivity contribution is 7.12. The average Bonchev–Trinajstić information content (AvgIpc) is 3.21. The fraction of sp³-hybridized carbons (Fsp3) is 0.524. The van der Waals surface area contributed by atoms with Gasteiger partial charge in [-0.05, 0) is 49.6 Å². The third-order valence-electron chi connectivity index (χ3n) is 4.77. The number of aromatic carboxylic acids is 1. The number of carbonyl (C=O) groups excluding carboxylic acids is 1. The molecule has 1 amide bonds. The molecule has 1 aromatic rings. The Hall–Kier alpha value is -1.88. The van der Waals surface area contributed by atoms with Gasteiger partial charge in [0.1, 0.15) is 4.88 Å². The molecule has 0 bridgehead atoms. The van der Waals surface area contributed by atoms with Crippen LogP contribution in [0.15, 0.2) is 35.2 Å². The van der Waals surface area contributed by atoms with E-state index in [9.17, 15) is 14.7 Å². The number of hydrogen-bond acceptors (Lipinski definition) is 3. The van der Waals surface area contributed by atoms with Crippen LogP contribution in [0.25, 0.3) is 0 Å². The minimum Gasteiger partial charge on any atom is -0.477 e. The molecule has 1 aliphatic heterocycles. The minimum atomic E-state index is -0.863. The number of carboxylic acids is 1. The highest BCUT2D eigenvalue weighted by atomic mass is 32.1. The van der Waals surface area contributed by atoms with E-state index in [-0.39, 0.29) is 11.9 Å². The van der Waals surface area contributed by atoms with Crippen LogP contribution in [-0.4, -0.2) is 34.5 Å². The van der Waals surface area contributed by atoms with Crippen LogP contribution in [0.2, 0.25) is 0 Å². The molecule has 5 heteroatoms. The van der Waals surface area contributed by atoms with Crippen LogP contribution in [-0.2, 0) is 11.2 Å². The first-order chi connectivity index (χ1) is 12.5. The molecule has 1 saturated heterocycles. The second kappa shape index (κ2) is 10.3. The average molecular weight is 376 g/mol. The number of carbonyl (C=O) groups is 2. The van der Waals surface area contributed by atoms with Crippen LogP contribution < -0.4 is 0 Å². The molecule has 0 spiro atoms. The van der Waals surface area contributed by atoms with E-state index in [0.717, 1.165) is 24.8 Å². The molecule has 2 heterocycles. The highest BCUT2D eigenvalue weighted by Crippen LogP contribution is 2.23. The van der Waals surface area contributed by atoms with E-state index in [1.165, 1.54) is 29.8 Å². The summed E-state index contributed by atoms with van der Waals surface area (Å²) in [5.74, 6) is -0.658. The van der Waals surface area contributed by atoms with Gasteiger partial charge in [-0.1, -0.05) is 43.6 Å². The zero-order valence-electron chi connectivity index (χ0n) is 15.7. The molecule has 0 radical (unpaired) electrons. The lowest BCUT2D eigenvalue weighted by molar-refractivity contribution is -0.128. The first-order valence-electron chi connectivity index (χ1n) is 9.47. The summed E-state index contributed by atoms with van der Waals surface area (Å²) >= 11 is 1.26. The van der Waals surface area contributed by atoms with Gasteiger partial charge in [-0.2, -0.15) is 0 Å². The standard InChI is InChI=1S/C21H29NO3S/c1-3-4-5-7-16(2)9-10-18-11-12-19(23)22(18)14-6-8-17-13-15-26-20(17)21(24)25/h7,9-10,13,15,18H,3-6,8,11-12,14H2,1-2H3,(H,24,25)/b10-9+,16-7+/t18-/m0/s1. The molecule has 26 heavy (non-hydrogen) atoms. The van der Waals surface area contributed by atoms with Gasteiger partial charge in [0.2, 0.25) is 5.91 Å². The zero-order valence-corrected chi connectivity index (χ0v) is 16.6. The van der Waals surface area contributed by atoms with Gasteiger partial charge in [0.05, 0.1) is 6.04 Å². The van der Waals surface area contributed by atoms with Gasteiger partial charge in [-0.25, -0.2) is 4.79 Å². The molecule has 1 fully saturated rings. The number of carboxylic acid groups (broad SMARTS) is 1. The first kappa shape index (κ1) is 20.4. The molecular weight excluding hydrogens is 346 g/mol. The number of unbranched alkanes of at least 4 members (excludes halogenated alkanes) is 2. The van der Waals surface area contributed by atoms with Crippen LogP contribution in [0.4, 0.5) is 0 Å². The Morgan fingerprint density at radius 2 is 2.23 bits per heavy atom. The van der Waals surface area contributed by atoms with E-state index < -0.39 is 5.97 Å². The van der Waals surface area contributed by atoms with Crippen LogP contribution in [0.1, 0.15) is 67.6 Å². The Morgan fingerprint density at radius 1 is 1.42 bits per heavy atom. The largest absolute Gasteiger partial charge is 0.477 e. The Labute approximate surface area is 160 Å². The van der Waals surface area contributed by atoms with Gasteiger partial charge < -0.3 is 10.0 Å². The Balaban J connectivity index is 1.88. The summed E-state index contributed by atoms with van der Waals surface area (Å²) in [6, 6.07) is 2.04. The van der Waals surface area contributed by atoms with Crippen molar-refractivity contribution in [2.24, 2.45) is 0 Å². The van der Waals surface area contributed by atoms with Crippen LogP contribution in [0.3, 0.4) is 0 Å². The number of aryl methyl sites for hydroxylation is 1. The molecule has 1 N–H and O–H groups in total. The Bertz CT molecular complexity index is 675. The van der Waals surface area contributed by atoms with E-state index in [1.807, 2.05) is 16.3 Å². The van der Waals surface area contributed by atoms with Crippen molar-refractivity contribution >= 4 is 23.2 Å². The van der Waals surface area contributed by atoms with Gasteiger partial charge in [0.25, 0.3) is 0 Å². The fourth-order valence-electron chi connectivity index (χ4n) is 3.27. The summed E-state index contributed by atoms with van der Waals surface area (Å²) < 4.78 is 0. The summed E-state index contributed by atoms with van der Waals surface area (Å²) in [5.41, 5.74) is 2.12. The van der Waals surface area contributed by atoms with Crippen molar-refractivity contribution in [3.8, 4) is 0 Å². The van der Waals surface area contributed by atoms with Gasteiger partial charge >= 0.3 is 5.97 Å². The number of thiophene rings is 1. The van der Waals surface area contributed by atoms with E-state index in [0.29, 0.717) is 24.3 Å². The quantitative estimate of drug-likeness (QED) is 0.459. The lowest BCUT2D eigenvalue weighted by atomic mass is 10.1. The van der Waals surface area contributed by atoms with Crippen molar-refractivity contribution in [1.82, 2.24) is 4.90 Å². The normalized spacial score (nSPS) is 18.2. The second-order valence-electron chi connectivity index (χ2n) is 6.83. The molecule has 4 nitrogen and oxygen atoms in total. The van der Waals surface area contributed by atoms with E-state index >= 15 is 0 Å². The fourth-order valence-corrected chi connectivity index (χ4v) is 4.06. The number of amides is 1. The predicted molar refractivity (Wildman–Crippen MR) is 107 cm³/mol. The minimum absolute atomic E-state index is 0.165. The third kappa shape index (κ3) is 5.84.